The van der Waals surface area contributed by atoms with E-state index in [1.807, 2.05) is 36.7 Å². The van der Waals surface area contributed by atoms with Crippen LogP contribution in [0.3, 0.4) is 0 Å². The first-order chi connectivity index (χ1) is 15.0. The number of aliphatic hydroxyl groups is 1. The maximum atomic E-state index is 13.0. The van der Waals surface area contributed by atoms with Gasteiger partial charge in [0.1, 0.15) is 17.0 Å². The number of nitrogens with zero attached hydrogens (tertiary/aromatic N) is 3. The predicted molar refractivity (Wildman–Crippen MR) is 123 cm³/mol. The Balaban J connectivity index is 1.55. The Kier molecular flexibility index (Phi) is 5.58. The van der Waals surface area contributed by atoms with E-state index in [2.05, 4.69) is 15.3 Å². The molecule has 3 atom stereocenters. The van der Waals surface area contributed by atoms with Gasteiger partial charge in [-0.3, -0.25) is 9.69 Å². The van der Waals surface area contributed by atoms with Crippen molar-refractivity contribution in [1.82, 2.24) is 15.2 Å². The van der Waals surface area contributed by atoms with Crippen molar-refractivity contribution in [3.63, 3.8) is 0 Å². The van der Waals surface area contributed by atoms with Gasteiger partial charge in [-0.15, -0.1) is 11.3 Å². The first kappa shape index (κ1) is 22.4. The third-order valence-corrected chi connectivity index (χ3v) is 6.70. The van der Waals surface area contributed by atoms with Crippen LogP contribution in [0.15, 0.2) is 34.8 Å². The van der Waals surface area contributed by atoms with Gasteiger partial charge < -0.3 is 15.2 Å². The molecular weight excluding hydrogens is 428 g/mol. The van der Waals surface area contributed by atoms with Crippen LogP contribution in [0.2, 0.25) is 0 Å². The average Bonchev–Trinajstić information content (AvgIpc) is 3.39. The topological polar surface area (TPSA) is 104 Å². The fourth-order valence-corrected chi connectivity index (χ4v) is 4.85. The number of carbonyl (C=O) groups is 2. The number of hydrogen-bond acceptors (Lipinski definition) is 7. The normalized spacial score (nSPS) is 25.6. The molecule has 2 N–H and O–H groups in total. The second kappa shape index (κ2) is 7.97. The molecule has 2 aliphatic rings. The molecule has 2 aromatic rings. The van der Waals surface area contributed by atoms with Crippen molar-refractivity contribution in [3.8, 4) is 10.4 Å². The molecule has 0 radical (unpaired) electrons. The fourth-order valence-electron chi connectivity index (χ4n) is 4.04. The van der Waals surface area contributed by atoms with Gasteiger partial charge in [0.25, 0.3) is 5.91 Å². The molecule has 1 fully saturated rings. The van der Waals surface area contributed by atoms with E-state index in [4.69, 9.17) is 4.74 Å². The van der Waals surface area contributed by atoms with Gasteiger partial charge in [0.15, 0.2) is 0 Å². The summed E-state index contributed by atoms with van der Waals surface area (Å²) in [5.74, 6) is 0.0436. The summed E-state index contributed by atoms with van der Waals surface area (Å²) in [5.41, 5.74) is 2.88. The number of thiazole rings is 1. The Morgan fingerprint density at radius 2 is 2.00 bits per heavy atom. The van der Waals surface area contributed by atoms with Crippen molar-refractivity contribution in [1.29, 1.82) is 0 Å². The SMILES string of the molecule is Cc1ncsc1-c1ccc([C@]2(C)NC(C3C[C@@H](O)CN3C(=O)OC(C)(C)C)=NC2=O)cc1. The molecule has 170 valence electrons. The first-order valence-corrected chi connectivity index (χ1v) is 11.5. The number of rotatable bonds is 3. The van der Waals surface area contributed by atoms with E-state index in [1.165, 1.54) is 4.90 Å². The molecule has 1 unspecified atom stereocenters. The number of aryl methyl sites for hydroxylation is 1. The highest BCUT2D eigenvalue weighted by Crippen LogP contribution is 2.33. The Hall–Kier alpha value is -2.78. The van der Waals surface area contributed by atoms with Crippen LogP contribution < -0.4 is 5.32 Å². The van der Waals surface area contributed by atoms with Crippen LogP contribution in [0.25, 0.3) is 10.4 Å². The average molecular weight is 457 g/mol. The molecule has 1 aromatic carbocycles. The summed E-state index contributed by atoms with van der Waals surface area (Å²) in [6.07, 6.45) is -0.951. The number of nitrogens with one attached hydrogen (secondary N) is 1. The number of aliphatic imine (C=N–C) groups is 1. The van der Waals surface area contributed by atoms with Crippen LogP contribution in [0, 0.1) is 6.92 Å². The van der Waals surface area contributed by atoms with Gasteiger partial charge in [0.05, 0.1) is 34.8 Å². The molecule has 1 aromatic heterocycles. The smallest absolute Gasteiger partial charge is 0.411 e. The second-order valence-electron chi connectivity index (χ2n) is 9.43. The Bertz CT molecular complexity index is 1070. The highest BCUT2D eigenvalue weighted by atomic mass is 32.1. The lowest BCUT2D eigenvalue weighted by atomic mass is 9.91. The van der Waals surface area contributed by atoms with Gasteiger partial charge in [-0.2, -0.15) is 4.99 Å². The number of aromatic nitrogens is 1. The van der Waals surface area contributed by atoms with Gasteiger partial charge in [0, 0.05) is 6.42 Å². The largest absolute Gasteiger partial charge is 0.444 e. The molecule has 3 heterocycles. The van der Waals surface area contributed by atoms with E-state index in [1.54, 1.807) is 39.0 Å². The summed E-state index contributed by atoms with van der Waals surface area (Å²) in [6.45, 7) is 9.24. The van der Waals surface area contributed by atoms with E-state index in [-0.39, 0.29) is 18.9 Å². The summed E-state index contributed by atoms with van der Waals surface area (Å²) < 4.78 is 5.49. The molecule has 8 nitrogen and oxygen atoms in total. The van der Waals surface area contributed by atoms with Gasteiger partial charge >= 0.3 is 6.09 Å². The molecule has 0 spiro atoms. The third kappa shape index (κ3) is 4.14. The lowest BCUT2D eigenvalue weighted by molar-refractivity contribution is -0.122. The molecule has 32 heavy (non-hydrogen) atoms. The van der Waals surface area contributed by atoms with Gasteiger partial charge in [-0.05, 0) is 45.7 Å². The molecule has 4 rings (SSSR count). The zero-order valence-corrected chi connectivity index (χ0v) is 19.7. The van der Waals surface area contributed by atoms with Gasteiger partial charge in [-0.25, -0.2) is 9.78 Å². The van der Waals surface area contributed by atoms with E-state index in [0.717, 1.165) is 21.7 Å². The molecule has 9 heteroatoms. The summed E-state index contributed by atoms with van der Waals surface area (Å²) in [4.78, 5) is 36.7. The number of ether oxygens (including phenoxy) is 1. The minimum absolute atomic E-state index is 0.133. The highest BCUT2D eigenvalue weighted by molar-refractivity contribution is 7.13. The van der Waals surface area contributed by atoms with Crippen LogP contribution in [0.5, 0.6) is 0 Å². The molecule has 1 saturated heterocycles. The maximum absolute atomic E-state index is 13.0. The standard InChI is InChI=1S/C23H28N4O4S/c1-13-18(32-12-24-13)14-6-8-15(9-7-14)23(5)20(29)25-19(26-23)17-10-16(28)11-27(17)21(30)31-22(2,3)4/h6-9,12,16-17,28H,10-11H2,1-5H3,(H,25,26,29)/t16-,17?,23+/m1/s1. The Labute approximate surface area is 191 Å². The maximum Gasteiger partial charge on any atom is 0.411 e. The van der Waals surface area contributed by atoms with Crippen molar-refractivity contribution in [2.75, 3.05) is 6.54 Å². The van der Waals surface area contributed by atoms with Crippen molar-refractivity contribution in [2.45, 2.75) is 64.3 Å². The monoisotopic (exact) mass is 456 g/mol. The van der Waals surface area contributed by atoms with Crippen molar-refractivity contribution in [3.05, 3.63) is 41.0 Å². The predicted octanol–water partition coefficient (Wildman–Crippen LogP) is 3.23. The van der Waals surface area contributed by atoms with E-state index in [0.29, 0.717) is 5.84 Å². The number of amides is 2. The number of β-amino-alcohol motifs (C(OH)–C–C–N with tert-alkyl or cyclic N) is 1. The molecule has 2 aliphatic heterocycles. The van der Waals surface area contributed by atoms with Crippen LogP contribution in [0.1, 0.15) is 45.4 Å². The first-order valence-electron chi connectivity index (χ1n) is 10.6. The molecule has 2 amide bonds. The second-order valence-corrected chi connectivity index (χ2v) is 10.3. The number of aliphatic hydroxyl groups excluding tert-OH is 1. The van der Waals surface area contributed by atoms with Crippen molar-refractivity contribution >= 4 is 29.2 Å². The summed E-state index contributed by atoms with van der Waals surface area (Å²) >= 11 is 1.58. The van der Waals surface area contributed by atoms with Gasteiger partial charge in [-0.1, -0.05) is 24.3 Å². The van der Waals surface area contributed by atoms with Crippen molar-refractivity contribution in [2.24, 2.45) is 4.99 Å². The van der Waals surface area contributed by atoms with Crippen LogP contribution in [-0.4, -0.2) is 57.1 Å². The zero-order valence-electron chi connectivity index (χ0n) is 18.9. The summed E-state index contributed by atoms with van der Waals surface area (Å²) in [6, 6.07) is 7.21. The van der Waals surface area contributed by atoms with Gasteiger partial charge in [0.2, 0.25) is 0 Å². The number of carbonyl (C=O) groups excluding carboxylic acids is 2. The molecule has 0 saturated carbocycles. The lowest BCUT2D eigenvalue weighted by Gasteiger charge is -2.30. The zero-order chi connectivity index (χ0) is 23.3. The molecular formula is C23H28N4O4S. The van der Waals surface area contributed by atoms with Crippen molar-refractivity contribution < 1.29 is 19.4 Å². The minimum Gasteiger partial charge on any atom is -0.444 e. The van der Waals surface area contributed by atoms with Crippen LogP contribution in [0.4, 0.5) is 4.79 Å². The lowest BCUT2D eigenvalue weighted by Crippen LogP contribution is -2.50. The number of benzene rings is 1. The molecule has 0 bridgehead atoms. The van der Waals surface area contributed by atoms with E-state index in [9.17, 15) is 14.7 Å². The van der Waals surface area contributed by atoms with E-state index < -0.39 is 29.4 Å². The molecule has 0 aliphatic carbocycles. The van der Waals surface area contributed by atoms with E-state index >= 15 is 0 Å². The number of amidine groups is 1. The number of hydrogen-bond donors (Lipinski definition) is 2. The minimum atomic E-state index is -1.05. The Morgan fingerprint density at radius 1 is 1.31 bits per heavy atom. The Morgan fingerprint density at radius 3 is 2.59 bits per heavy atom. The highest BCUT2D eigenvalue weighted by Gasteiger charge is 2.47. The quantitative estimate of drug-likeness (QED) is 0.735. The summed E-state index contributed by atoms with van der Waals surface area (Å²) in [5, 5.41) is 13.5. The van der Waals surface area contributed by atoms with Crippen LogP contribution >= 0.6 is 11.3 Å². The van der Waals surface area contributed by atoms with Crippen LogP contribution in [-0.2, 0) is 15.1 Å². The number of likely N-dealkylation sites (tertiary alicyclic amines) is 1. The third-order valence-electron chi connectivity index (χ3n) is 5.72. The fraction of sp³-hybridized carbons (Fsp3) is 0.478. The summed E-state index contributed by atoms with van der Waals surface area (Å²) in [7, 11) is 0.